The van der Waals surface area contributed by atoms with Crippen molar-refractivity contribution in [2.24, 2.45) is 0 Å². The number of hydrogen-bond acceptors (Lipinski definition) is 9. The summed E-state index contributed by atoms with van der Waals surface area (Å²) < 4.78 is 0. The standard InChI is InChI=1S/C12H7N6O9/c19-14(8-3-11(17(24)25)6-12(4-8)18(26)27)13-7-1-9(15(20)21)5-10(2-7)16(22)23/h1-6H,(H,13,19)/q+1. The van der Waals surface area contributed by atoms with Crippen LogP contribution in [-0.2, 0) is 0 Å². The second-order valence-electron chi connectivity index (χ2n) is 4.88. The van der Waals surface area contributed by atoms with E-state index in [1.165, 1.54) is 0 Å². The summed E-state index contributed by atoms with van der Waals surface area (Å²) >= 11 is 0. The highest BCUT2D eigenvalue weighted by Crippen LogP contribution is 2.29. The topological polar surface area (TPSA) is 205 Å². The first-order chi connectivity index (χ1) is 12.6. The first-order valence-corrected chi connectivity index (χ1v) is 6.70. The molecule has 0 heterocycles. The molecule has 1 N–H and O–H groups in total. The van der Waals surface area contributed by atoms with E-state index in [-0.39, 0.29) is 10.6 Å². The lowest BCUT2D eigenvalue weighted by Crippen LogP contribution is -2.11. The summed E-state index contributed by atoms with van der Waals surface area (Å²) in [4.78, 5) is 51.6. The van der Waals surface area contributed by atoms with E-state index in [0.29, 0.717) is 12.1 Å². The smallest absolute Gasteiger partial charge is 0.258 e. The molecule has 0 aliphatic rings. The normalized spacial score (nSPS) is 10.1. The number of anilines is 1. The summed E-state index contributed by atoms with van der Waals surface area (Å²) in [6, 6.07) is 4.36. The molecule has 2 aromatic rings. The summed E-state index contributed by atoms with van der Waals surface area (Å²) in [7, 11) is 0. The molecule has 0 radical (unpaired) electrons. The van der Waals surface area contributed by atoms with E-state index in [1.807, 2.05) is 5.43 Å². The fourth-order valence-electron chi connectivity index (χ4n) is 1.96. The third-order valence-electron chi connectivity index (χ3n) is 3.10. The van der Waals surface area contributed by atoms with Crippen LogP contribution in [0.1, 0.15) is 0 Å². The van der Waals surface area contributed by atoms with Gasteiger partial charge < -0.3 is 0 Å². The van der Waals surface area contributed by atoms with Crippen LogP contribution in [0, 0.1) is 45.4 Å². The molecule has 0 aromatic heterocycles. The first kappa shape index (κ1) is 18.8. The average Bonchev–Trinajstić information content (AvgIpc) is 2.60. The number of benzene rings is 2. The highest BCUT2D eigenvalue weighted by atomic mass is 16.6. The molecule has 2 aromatic carbocycles. The summed E-state index contributed by atoms with van der Waals surface area (Å²) in [5, 5.41) is 43.4. The van der Waals surface area contributed by atoms with Gasteiger partial charge in [0.2, 0.25) is 0 Å². The Hall–Kier alpha value is -4.56. The number of nitro groups is 4. The zero-order valence-electron chi connectivity index (χ0n) is 12.9. The van der Waals surface area contributed by atoms with Crippen molar-refractivity contribution in [2.75, 3.05) is 5.43 Å². The Balaban J connectivity index is 2.45. The Kier molecular flexibility index (Phi) is 4.96. The van der Waals surface area contributed by atoms with Gasteiger partial charge in [0.05, 0.1) is 48.9 Å². The molecule has 0 atom stereocenters. The molecular formula is C12H7N6O9+. The van der Waals surface area contributed by atoms with E-state index < -0.39 is 48.1 Å². The SMILES string of the molecule is O=[N+]([O-])c1cc(N[N+](=O)c2cc([N+](=O)[O-])cc([N+](=O)[O-])c2)cc([N+](=O)[O-])c1. The lowest BCUT2D eigenvalue weighted by atomic mass is 10.2. The van der Waals surface area contributed by atoms with Gasteiger partial charge in [-0.05, 0) is 0 Å². The van der Waals surface area contributed by atoms with E-state index in [2.05, 4.69) is 0 Å². The predicted molar refractivity (Wildman–Crippen MR) is 86.4 cm³/mol. The minimum atomic E-state index is -0.956. The van der Waals surface area contributed by atoms with Gasteiger partial charge in [-0.3, -0.25) is 40.5 Å². The maximum absolute atomic E-state index is 12.1. The van der Waals surface area contributed by atoms with Crippen LogP contribution in [0.3, 0.4) is 0 Å². The number of nitro benzene ring substituents is 4. The van der Waals surface area contributed by atoms with E-state index in [0.717, 1.165) is 24.3 Å². The van der Waals surface area contributed by atoms with Crippen molar-refractivity contribution >= 4 is 34.1 Å². The van der Waals surface area contributed by atoms with Crippen LogP contribution >= 0.6 is 0 Å². The van der Waals surface area contributed by atoms with Crippen LogP contribution in [0.5, 0.6) is 0 Å². The van der Waals surface area contributed by atoms with E-state index in [1.54, 1.807) is 0 Å². The number of rotatable bonds is 7. The number of nitroso groups, excluding NO2 is 1. The Labute approximate surface area is 147 Å². The van der Waals surface area contributed by atoms with E-state index in [9.17, 15) is 45.4 Å². The van der Waals surface area contributed by atoms with Crippen LogP contribution in [0.2, 0.25) is 0 Å². The average molecular weight is 379 g/mol. The molecule has 0 spiro atoms. The second-order valence-corrected chi connectivity index (χ2v) is 4.88. The molecule has 0 amide bonds. The summed E-state index contributed by atoms with van der Waals surface area (Å²) in [5.74, 6) is 0. The van der Waals surface area contributed by atoms with Gasteiger partial charge in [0.1, 0.15) is 5.69 Å². The Morgan fingerprint density at radius 2 is 0.815 bits per heavy atom. The van der Waals surface area contributed by atoms with Gasteiger partial charge in [-0.1, -0.05) is 0 Å². The van der Waals surface area contributed by atoms with Crippen molar-refractivity contribution in [3.63, 3.8) is 0 Å². The van der Waals surface area contributed by atoms with Crippen molar-refractivity contribution in [3.8, 4) is 0 Å². The van der Waals surface area contributed by atoms with Gasteiger partial charge >= 0.3 is 5.69 Å². The van der Waals surface area contributed by atoms with Crippen LogP contribution in [0.4, 0.5) is 34.1 Å². The van der Waals surface area contributed by atoms with Crippen molar-refractivity contribution in [3.05, 3.63) is 81.8 Å². The predicted octanol–water partition coefficient (Wildman–Crippen LogP) is 2.76. The van der Waals surface area contributed by atoms with Gasteiger partial charge in [-0.25, -0.2) is 0 Å². The third kappa shape index (κ3) is 4.29. The summed E-state index contributed by atoms with van der Waals surface area (Å²) in [5.41, 5.74) is -1.80. The zero-order chi connectivity index (χ0) is 20.3. The molecule has 0 fully saturated rings. The van der Waals surface area contributed by atoms with Crippen LogP contribution in [-0.4, -0.2) is 24.6 Å². The van der Waals surface area contributed by atoms with Gasteiger partial charge in [0.15, 0.2) is 4.87 Å². The van der Waals surface area contributed by atoms with Crippen molar-refractivity contribution in [1.29, 1.82) is 0 Å². The molecule has 0 saturated carbocycles. The number of nitrogens with zero attached hydrogens (tertiary/aromatic N) is 5. The molecule has 15 heteroatoms. The number of non-ortho nitro benzene ring substituents is 4. The van der Waals surface area contributed by atoms with E-state index in [4.69, 9.17) is 0 Å². The van der Waals surface area contributed by atoms with Crippen LogP contribution < -0.4 is 5.43 Å². The fourth-order valence-corrected chi connectivity index (χ4v) is 1.96. The molecule has 27 heavy (non-hydrogen) atoms. The summed E-state index contributed by atoms with van der Waals surface area (Å²) in [6.45, 7) is 0. The van der Waals surface area contributed by atoms with Gasteiger partial charge in [0.25, 0.3) is 22.7 Å². The minimum Gasteiger partial charge on any atom is -0.258 e. The molecule has 138 valence electrons. The third-order valence-corrected chi connectivity index (χ3v) is 3.10. The highest BCUT2D eigenvalue weighted by molar-refractivity contribution is 5.59. The maximum atomic E-state index is 12.1. The van der Waals surface area contributed by atoms with Crippen molar-refractivity contribution in [2.45, 2.75) is 0 Å². The maximum Gasteiger partial charge on any atom is 0.306 e. The summed E-state index contributed by atoms with van der Waals surface area (Å²) in [6.07, 6.45) is 0. The molecule has 0 aliphatic carbocycles. The molecule has 0 unspecified atom stereocenters. The largest absolute Gasteiger partial charge is 0.306 e. The highest BCUT2D eigenvalue weighted by Gasteiger charge is 2.27. The van der Waals surface area contributed by atoms with Gasteiger partial charge in [-0.15, -0.1) is 5.43 Å². The quantitative estimate of drug-likeness (QED) is 0.422. The Morgan fingerprint density at radius 3 is 1.15 bits per heavy atom. The Morgan fingerprint density at radius 1 is 0.519 bits per heavy atom. The number of hydrazine groups is 1. The molecular weight excluding hydrogens is 372 g/mol. The molecule has 0 bridgehead atoms. The molecule has 15 nitrogen and oxygen atoms in total. The van der Waals surface area contributed by atoms with Crippen molar-refractivity contribution in [1.82, 2.24) is 0 Å². The fraction of sp³-hybridized carbons (Fsp3) is 0. The van der Waals surface area contributed by atoms with Gasteiger partial charge in [0, 0.05) is 12.1 Å². The van der Waals surface area contributed by atoms with E-state index >= 15 is 0 Å². The Bertz CT molecular complexity index is 940. The zero-order valence-corrected chi connectivity index (χ0v) is 12.9. The molecule has 0 aliphatic heterocycles. The van der Waals surface area contributed by atoms with Gasteiger partial charge in [-0.2, -0.15) is 0 Å². The van der Waals surface area contributed by atoms with Crippen molar-refractivity contribution < 1.29 is 24.6 Å². The monoisotopic (exact) mass is 379 g/mol. The lowest BCUT2D eigenvalue weighted by Gasteiger charge is -2.00. The minimum absolute atomic E-state index is 0.150. The number of nitrogens with one attached hydrogen (secondary N) is 1. The van der Waals surface area contributed by atoms with Crippen LogP contribution in [0.25, 0.3) is 0 Å². The first-order valence-electron chi connectivity index (χ1n) is 6.70. The second kappa shape index (κ2) is 7.13. The lowest BCUT2D eigenvalue weighted by molar-refractivity contribution is -0.432. The van der Waals surface area contributed by atoms with Crippen LogP contribution in [0.15, 0.2) is 36.4 Å². The molecule has 2 rings (SSSR count). The number of hydrogen-bond donors (Lipinski definition) is 1. The molecule has 0 saturated heterocycles.